The number of phenols is 1. The highest BCUT2D eigenvalue weighted by Gasteiger charge is 2.16. The quantitative estimate of drug-likeness (QED) is 0.260. The van der Waals surface area contributed by atoms with E-state index in [-0.39, 0.29) is 34.2 Å². The summed E-state index contributed by atoms with van der Waals surface area (Å²) in [4.78, 5) is 23.7. The van der Waals surface area contributed by atoms with E-state index < -0.39 is 5.91 Å². The number of aromatic nitrogens is 2. The smallest absolute Gasteiger partial charge is 0.280 e. The standard InChI is InChI=1S/C17H22ClN7O2.C2H6/c18-13-15(20)24-14(19)12(23-13)16(27)25-17(21)22-9-3-1-2-4-10-5-7-11(26)8-6-10;1-2/h5-8,26H,1-4,9H2,(H4,19,20,24)(H3,21,22,25,27);1-2H3. The number of aliphatic imine (C=N–C) groups is 1. The number of amides is 1. The maximum Gasteiger partial charge on any atom is 0.280 e. The maximum absolute atomic E-state index is 12.1. The van der Waals surface area contributed by atoms with Crippen LogP contribution in [0.2, 0.25) is 5.15 Å². The number of nitrogen functional groups attached to an aromatic ring is 2. The van der Waals surface area contributed by atoms with E-state index in [2.05, 4.69) is 20.3 Å². The van der Waals surface area contributed by atoms with Gasteiger partial charge >= 0.3 is 0 Å². The molecule has 0 aliphatic carbocycles. The summed E-state index contributed by atoms with van der Waals surface area (Å²) >= 11 is 5.74. The van der Waals surface area contributed by atoms with Gasteiger partial charge in [-0.1, -0.05) is 44.0 Å². The van der Waals surface area contributed by atoms with Crippen LogP contribution in [-0.4, -0.2) is 33.5 Å². The molecule has 1 heterocycles. The number of hydrogen-bond donors (Lipinski definition) is 5. The van der Waals surface area contributed by atoms with Crippen LogP contribution in [0.1, 0.15) is 49.2 Å². The van der Waals surface area contributed by atoms with Gasteiger partial charge in [-0.05, 0) is 37.0 Å². The van der Waals surface area contributed by atoms with Gasteiger partial charge in [0, 0.05) is 6.54 Å². The molecule has 10 heteroatoms. The van der Waals surface area contributed by atoms with Crippen molar-refractivity contribution in [1.82, 2.24) is 15.3 Å². The third kappa shape index (κ3) is 8.22. The second kappa shape index (κ2) is 12.4. The van der Waals surface area contributed by atoms with Crippen LogP contribution in [-0.2, 0) is 6.42 Å². The molecule has 0 spiro atoms. The lowest BCUT2D eigenvalue weighted by molar-refractivity contribution is 0.0972. The van der Waals surface area contributed by atoms with E-state index >= 15 is 0 Å². The van der Waals surface area contributed by atoms with Gasteiger partial charge in [-0.15, -0.1) is 0 Å². The third-order valence-corrected chi connectivity index (χ3v) is 3.98. The molecule has 0 aliphatic rings. The fourth-order valence-corrected chi connectivity index (χ4v) is 2.43. The first-order valence-electron chi connectivity index (χ1n) is 9.34. The van der Waals surface area contributed by atoms with Crippen LogP contribution in [0.5, 0.6) is 5.75 Å². The van der Waals surface area contributed by atoms with Crippen LogP contribution in [0.25, 0.3) is 0 Å². The summed E-state index contributed by atoms with van der Waals surface area (Å²) in [7, 11) is 0. The average Bonchev–Trinajstić information content (AvgIpc) is 2.70. The van der Waals surface area contributed by atoms with Crippen molar-refractivity contribution in [1.29, 1.82) is 0 Å². The summed E-state index contributed by atoms with van der Waals surface area (Å²) in [5.74, 6) is -0.626. The van der Waals surface area contributed by atoms with E-state index in [0.29, 0.717) is 6.54 Å². The first kappa shape index (κ1) is 24.0. The number of benzene rings is 1. The first-order valence-corrected chi connectivity index (χ1v) is 9.72. The molecule has 0 aliphatic heterocycles. The molecule has 9 nitrogen and oxygen atoms in total. The van der Waals surface area contributed by atoms with Gasteiger partial charge in [0.05, 0.1) is 0 Å². The van der Waals surface area contributed by atoms with Gasteiger partial charge in [-0.25, -0.2) is 9.97 Å². The molecular formula is C19H28ClN7O2. The van der Waals surface area contributed by atoms with Crippen LogP contribution in [0.4, 0.5) is 11.6 Å². The largest absolute Gasteiger partial charge is 0.508 e. The lowest BCUT2D eigenvalue weighted by Gasteiger charge is -2.07. The number of halogens is 1. The van der Waals surface area contributed by atoms with Crippen molar-refractivity contribution in [2.45, 2.75) is 39.5 Å². The summed E-state index contributed by atoms with van der Waals surface area (Å²) < 4.78 is 0. The predicted molar refractivity (Wildman–Crippen MR) is 117 cm³/mol. The summed E-state index contributed by atoms with van der Waals surface area (Å²) in [6, 6.07) is 7.15. The lowest BCUT2D eigenvalue weighted by atomic mass is 10.1. The summed E-state index contributed by atoms with van der Waals surface area (Å²) in [5, 5.41) is 11.5. The molecule has 0 saturated carbocycles. The minimum absolute atomic E-state index is 0.0346. The molecule has 158 valence electrons. The van der Waals surface area contributed by atoms with Crippen molar-refractivity contribution in [3.05, 3.63) is 40.7 Å². The Morgan fingerprint density at radius 2 is 1.76 bits per heavy atom. The fourth-order valence-electron chi connectivity index (χ4n) is 2.30. The number of rotatable bonds is 7. The number of carbonyl (C=O) groups is 1. The molecule has 2 rings (SSSR count). The van der Waals surface area contributed by atoms with Gasteiger partial charge in [0.1, 0.15) is 5.75 Å². The van der Waals surface area contributed by atoms with E-state index in [1.54, 1.807) is 12.1 Å². The van der Waals surface area contributed by atoms with Gasteiger partial charge < -0.3 is 22.3 Å². The fraction of sp³-hybridized carbons (Fsp3) is 0.368. The highest BCUT2D eigenvalue weighted by atomic mass is 35.5. The van der Waals surface area contributed by atoms with Gasteiger partial charge in [0.15, 0.2) is 28.4 Å². The van der Waals surface area contributed by atoms with Crippen molar-refractivity contribution < 1.29 is 9.90 Å². The molecule has 0 radical (unpaired) electrons. The van der Waals surface area contributed by atoms with E-state index in [4.69, 9.17) is 28.8 Å². The van der Waals surface area contributed by atoms with Crippen molar-refractivity contribution in [3.8, 4) is 5.75 Å². The van der Waals surface area contributed by atoms with Crippen LogP contribution < -0.4 is 22.5 Å². The Morgan fingerprint density at radius 1 is 1.10 bits per heavy atom. The van der Waals surface area contributed by atoms with Gasteiger partial charge in [0.2, 0.25) is 0 Å². The number of nitrogens with one attached hydrogen (secondary N) is 1. The Labute approximate surface area is 175 Å². The molecular weight excluding hydrogens is 394 g/mol. The molecule has 0 unspecified atom stereocenters. The second-order valence-corrected chi connectivity index (χ2v) is 6.19. The topological polar surface area (TPSA) is 166 Å². The minimum Gasteiger partial charge on any atom is -0.508 e. The van der Waals surface area contributed by atoms with Crippen LogP contribution >= 0.6 is 11.6 Å². The number of nitrogens with two attached hydrogens (primary N) is 3. The molecule has 8 N–H and O–H groups in total. The van der Waals surface area contributed by atoms with Crippen LogP contribution in [0, 0.1) is 0 Å². The Morgan fingerprint density at radius 3 is 2.41 bits per heavy atom. The Balaban J connectivity index is 0.00000204. The zero-order valence-electron chi connectivity index (χ0n) is 16.7. The third-order valence-electron chi connectivity index (χ3n) is 3.70. The van der Waals surface area contributed by atoms with E-state index in [0.717, 1.165) is 25.7 Å². The first-order chi connectivity index (χ1) is 13.9. The van der Waals surface area contributed by atoms with Gasteiger partial charge in [0.25, 0.3) is 5.91 Å². The highest BCUT2D eigenvalue weighted by Crippen LogP contribution is 2.17. The molecule has 0 atom stereocenters. The molecule has 1 amide bonds. The van der Waals surface area contributed by atoms with Crippen LogP contribution in [0.15, 0.2) is 29.3 Å². The predicted octanol–water partition coefficient (Wildman–Crippen LogP) is 2.48. The molecule has 0 fully saturated rings. The number of unbranched alkanes of at least 4 members (excludes halogenated alkanes) is 2. The molecule has 1 aromatic heterocycles. The highest BCUT2D eigenvalue weighted by molar-refractivity contribution is 6.31. The lowest BCUT2D eigenvalue weighted by Crippen LogP contribution is -2.38. The van der Waals surface area contributed by atoms with E-state index in [1.807, 2.05) is 26.0 Å². The van der Waals surface area contributed by atoms with Crippen molar-refractivity contribution >= 4 is 35.1 Å². The number of aryl methyl sites for hydroxylation is 1. The Kier molecular flexibility index (Phi) is 10.2. The zero-order valence-corrected chi connectivity index (χ0v) is 17.4. The number of aromatic hydroxyl groups is 1. The van der Waals surface area contributed by atoms with E-state index in [9.17, 15) is 9.90 Å². The number of hydrogen-bond acceptors (Lipinski definition) is 7. The van der Waals surface area contributed by atoms with Crippen molar-refractivity contribution in [2.24, 2.45) is 10.7 Å². The number of phenolic OH excluding ortho intramolecular Hbond substituents is 1. The monoisotopic (exact) mass is 421 g/mol. The number of anilines is 2. The molecule has 2 aromatic rings. The molecule has 0 saturated heterocycles. The van der Waals surface area contributed by atoms with Gasteiger partial charge in [-0.2, -0.15) is 0 Å². The minimum atomic E-state index is -0.657. The maximum atomic E-state index is 12.1. The molecule has 1 aromatic carbocycles. The van der Waals surface area contributed by atoms with Crippen molar-refractivity contribution in [2.75, 3.05) is 18.0 Å². The molecule has 0 bridgehead atoms. The second-order valence-electron chi connectivity index (χ2n) is 5.83. The summed E-state index contributed by atoms with van der Waals surface area (Å²) in [6.45, 7) is 4.48. The normalized spacial score (nSPS) is 10.8. The molecule has 29 heavy (non-hydrogen) atoms. The number of guanidine groups is 1. The van der Waals surface area contributed by atoms with Crippen molar-refractivity contribution in [3.63, 3.8) is 0 Å². The Bertz CT molecular complexity index is 826. The SMILES string of the molecule is CC.NC(=NCCCCCc1ccc(O)cc1)NC(=O)c1nc(Cl)c(N)nc1N. The summed E-state index contributed by atoms with van der Waals surface area (Å²) in [5.41, 5.74) is 17.8. The number of nitrogens with zero attached hydrogens (tertiary/aromatic N) is 3. The zero-order chi connectivity index (χ0) is 21.8. The Hall–Kier alpha value is -3.07. The summed E-state index contributed by atoms with van der Waals surface area (Å²) in [6.07, 6.45) is 3.69. The number of carbonyl (C=O) groups excluding carboxylic acids is 1. The average molecular weight is 422 g/mol. The van der Waals surface area contributed by atoms with E-state index in [1.165, 1.54) is 5.56 Å². The van der Waals surface area contributed by atoms with Gasteiger partial charge in [-0.3, -0.25) is 15.1 Å². The van der Waals surface area contributed by atoms with Crippen LogP contribution in [0.3, 0.4) is 0 Å².